The van der Waals surface area contributed by atoms with Gasteiger partial charge in [0.25, 0.3) is 0 Å². The Kier molecular flexibility index (Phi) is 9.66. The van der Waals surface area contributed by atoms with Crippen LogP contribution in [0.4, 0.5) is 35.1 Å². The summed E-state index contributed by atoms with van der Waals surface area (Å²) in [6.07, 6.45) is -13.2. The van der Waals surface area contributed by atoms with Crippen molar-refractivity contribution in [3.63, 3.8) is 0 Å². The van der Waals surface area contributed by atoms with E-state index in [9.17, 15) is 35.1 Å². The molecule has 0 saturated heterocycles. The molecule has 0 aliphatic rings. The van der Waals surface area contributed by atoms with Crippen LogP contribution in [0, 0.1) is 11.6 Å². The van der Waals surface area contributed by atoms with E-state index in [4.69, 9.17) is 0 Å². The first-order valence-corrected chi connectivity index (χ1v) is 18.2. The van der Waals surface area contributed by atoms with Crippen molar-refractivity contribution in [1.29, 1.82) is 0 Å². The van der Waals surface area contributed by atoms with Crippen molar-refractivity contribution in [3.05, 3.63) is 185 Å². The molecule has 0 saturated carbocycles. The van der Waals surface area contributed by atoms with Crippen molar-refractivity contribution >= 4 is 21.8 Å². The third-order valence-corrected chi connectivity index (χ3v) is 11.3. The van der Waals surface area contributed by atoms with Crippen LogP contribution in [-0.4, -0.2) is 16.9 Å². The van der Waals surface area contributed by atoms with Crippen LogP contribution in [-0.2, 0) is 16.2 Å². The second kappa shape index (κ2) is 13.9. The van der Waals surface area contributed by atoms with E-state index in [1.165, 1.54) is 60.7 Å². The van der Waals surface area contributed by atoms with Crippen LogP contribution in [0.1, 0.15) is 73.9 Å². The van der Waals surface area contributed by atoms with Crippen molar-refractivity contribution in [3.8, 4) is 5.69 Å². The fraction of sp³-hybridized carbons (Fsp3) is 0.234. The maximum Gasteiger partial charge on any atom is 0.390 e. The van der Waals surface area contributed by atoms with E-state index in [1.54, 1.807) is 42.5 Å². The van der Waals surface area contributed by atoms with Crippen LogP contribution in [0.5, 0.6) is 0 Å². The minimum Gasteiger partial charge on any atom is -0.309 e. The maximum atomic E-state index is 14.2. The van der Waals surface area contributed by atoms with Crippen molar-refractivity contribution < 1.29 is 35.1 Å². The van der Waals surface area contributed by atoms with Gasteiger partial charge in [0.2, 0.25) is 0 Å². The molecule has 0 aliphatic carbocycles. The number of hydrogen-bond donors (Lipinski definition) is 0. The maximum absolute atomic E-state index is 14.2. The molecular weight excluding hydrogens is 731 g/mol. The summed E-state index contributed by atoms with van der Waals surface area (Å²) in [6.45, 7) is 8.18. The fourth-order valence-corrected chi connectivity index (χ4v) is 8.15. The minimum atomic E-state index is -4.90. The van der Waals surface area contributed by atoms with Gasteiger partial charge in [0.1, 0.15) is 11.6 Å². The highest BCUT2D eigenvalue weighted by Gasteiger charge is 2.51. The lowest BCUT2D eigenvalue weighted by Crippen LogP contribution is -2.38. The molecule has 0 aliphatic heterocycles. The molecule has 6 aromatic carbocycles. The van der Waals surface area contributed by atoms with Gasteiger partial charge in [0, 0.05) is 32.7 Å². The van der Waals surface area contributed by atoms with Gasteiger partial charge in [-0.05, 0) is 94.0 Å². The molecule has 0 atom stereocenters. The van der Waals surface area contributed by atoms with Crippen LogP contribution in [0.25, 0.3) is 27.5 Å². The summed E-state index contributed by atoms with van der Waals surface area (Å²) in [5.74, 6) is -0.688. The van der Waals surface area contributed by atoms with Gasteiger partial charge in [-0.25, -0.2) is 8.78 Å². The molecule has 0 unspecified atom stereocenters. The van der Waals surface area contributed by atoms with E-state index >= 15 is 0 Å². The van der Waals surface area contributed by atoms with Crippen molar-refractivity contribution in [2.45, 2.75) is 69.1 Å². The molecule has 1 aromatic heterocycles. The molecule has 56 heavy (non-hydrogen) atoms. The van der Waals surface area contributed by atoms with Gasteiger partial charge in [-0.3, -0.25) is 0 Å². The highest BCUT2D eigenvalue weighted by molar-refractivity contribution is 6.10. The van der Waals surface area contributed by atoms with Crippen molar-refractivity contribution in [2.75, 3.05) is 0 Å². The van der Waals surface area contributed by atoms with Crippen LogP contribution < -0.4 is 0 Å². The molecule has 0 bridgehead atoms. The Morgan fingerprint density at radius 3 is 1.16 bits per heavy atom. The zero-order valence-corrected chi connectivity index (χ0v) is 31.2. The Morgan fingerprint density at radius 2 is 0.768 bits per heavy atom. The lowest BCUT2D eigenvalue weighted by atomic mass is 9.69. The highest BCUT2D eigenvalue weighted by atomic mass is 19.4. The Labute approximate surface area is 320 Å². The first-order chi connectivity index (χ1) is 26.3. The highest BCUT2D eigenvalue weighted by Crippen LogP contribution is 2.49. The standard InChI is InChI=1S/C47H39F8N/c1-43(2,30-10-18-36(48)19-11-30)34-16-24-41-39(26-34)40-27-35(44(3,4)31-12-20-37(49)21-13-31)17-25-42(40)56(41)38-22-14-33(15-23-38)45(28-46(50,51)52,29-47(53,54)55)32-8-6-5-7-9-32/h5-27H,28-29H2,1-4H3. The molecule has 1 heterocycles. The predicted molar refractivity (Wildman–Crippen MR) is 206 cm³/mol. The molecule has 0 radical (unpaired) electrons. The number of benzene rings is 6. The molecular formula is C47H39F8N. The first kappa shape index (κ1) is 38.8. The molecule has 0 N–H and O–H groups in total. The SMILES string of the molecule is CC(C)(c1ccc(F)cc1)c1ccc2c(c1)c1cc(C(C)(C)c3ccc(F)cc3)ccc1n2-c1ccc(C(CC(F)(F)F)(CC(F)(F)F)c2ccccc2)cc1. The third-order valence-electron chi connectivity index (χ3n) is 11.3. The third kappa shape index (κ3) is 7.31. The van der Waals surface area contributed by atoms with Gasteiger partial charge >= 0.3 is 12.4 Å². The van der Waals surface area contributed by atoms with Gasteiger partial charge in [-0.1, -0.05) is 107 Å². The number of aromatic nitrogens is 1. The molecule has 0 amide bonds. The molecule has 0 fully saturated rings. The smallest absolute Gasteiger partial charge is 0.309 e. The molecule has 1 nitrogen and oxygen atoms in total. The number of rotatable bonds is 9. The van der Waals surface area contributed by atoms with Gasteiger partial charge in [-0.2, -0.15) is 26.3 Å². The lowest BCUT2D eigenvalue weighted by molar-refractivity contribution is -0.174. The Morgan fingerprint density at radius 1 is 0.411 bits per heavy atom. The van der Waals surface area contributed by atoms with E-state index in [0.29, 0.717) is 5.69 Å². The average molecular weight is 770 g/mol. The van der Waals surface area contributed by atoms with E-state index < -0.39 is 41.4 Å². The molecule has 9 heteroatoms. The second-order valence-electron chi connectivity index (χ2n) is 15.6. The van der Waals surface area contributed by atoms with Crippen LogP contribution in [0.15, 0.2) is 140 Å². The van der Waals surface area contributed by atoms with Crippen molar-refractivity contribution in [1.82, 2.24) is 4.57 Å². The largest absolute Gasteiger partial charge is 0.390 e. The summed E-state index contributed by atoms with van der Waals surface area (Å²) in [6, 6.07) is 37.7. The number of fused-ring (bicyclic) bond motifs is 3. The Balaban J connectivity index is 1.43. The van der Waals surface area contributed by atoms with E-state index in [1.807, 2.05) is 56.5 Å². The monoisotopic (exact) mass is 769 g/mol. The van der Waals surface area contributed by atoms with Crippen LogP contribution >= 0.6 is 0 Å². The Hall–Kier alpha value is -5.44. The van der Waals surface area contributed by atoms with Crippen LogP contribution in [0.2, 0.25) is 0 Å². The number of hydrogen-bond acceptors (Lipinski definition) is 0. The first-order valence-electron chi connectivity index (χ1n) is 18.2. The van der Waals surface area contributed by atoms with Gasteiger partial charge < -0.3 is 4.57 Å². The average Bonchev–Trinajstić information content (AvgIpc) is 3.47. The normalized spacial score (nSPS) is 13.1. The Bertz CT molecular complexity index is 2360. The second-order valence-corrected chi connectivity index (χ2v) is 15.6. The summed E-state index contributed by atoms with van der Waals surface area (Å²) in [4.78, 5) is 0. The number of halogens is 8. The molecule has 0 spiro atoms. The quantitative estimate of drug-likeness (QED) is 0.129. The molecule has 7 rings (SSSR count). The number of alkyl halides is 6. The van der Waals surface area contributed by atoms with Crippen LogP contribution in [0.3, 0.4) is 0 Å². The lowest BCUT2D eigenvalue weighted by Gasteiger charge is -2.36. The fourth-order valence-electron chi connectivity index (χ4n) is 8.15. The summed E-state index contributed by atoms with van der Waals surface area (Å²) < 4.78 is 115. The molecule has 288 valence electrons. The van der Waals surface area contributed by atoms with Gasteiger partial charge in [0.15, 0.2) is 0 Å². The zero-order chi connectivity index (χ0) is 40.3. The zero-order valence-electron chi connectivity index (χ0n) is 31.2. The molecule has 7 aromatic rings. The van der Waals surface area contributed by atoms with Crippen molar-refractivity contribution in [2.24, 2.45) is 0 Å². The summed E-state index contributed by atoms with van der Waals surface area (Å²) >= 11 is 0. The van der Waals surface area contributed by atoms with Gasteiger partial charge in [0.05, 0.1) is 23.9 Å². The van der Waals surface area contributed by atoms with E-state index in [-0.39, 0.29) is 22.8 Å². The van der Waals surface area contributed by atoms with E-state index in [2.05, 4.69) is 12.1 Å². The predicted octanol–water partition coefficient (Wildman–Crippen LogP) is 13.9. The summed E-state index contributed by atoms with van der Waals surface area (Å²) in [5, 5.41) is 1.72. The van der Waals surface area contributed by atoms with E-state index in [0.717, 1.165) is 44.1 Å². The summed E-state index contributed by atoms with van der Waals surface area (Å²) in [5.41, 5.74) is 2.09. The minimum absolute atomic E-state index is 0.0770. The summed E-state index contributed by atoms with van der Waals surface area (Å²) in [7, 11) is 0. The topological polar surface area (TPSA) is 4.93 Å². The van der Waals surface area contributed by atoms with Gasteiger partial charge in [-0.15, -0.1) is 0 Å². The number of nitrogens with zero attached hydrogens (tertiary/aromatic N) is 1.